The molecule has 3 aliphatic rings. The first kappa shape index (κ1) is 22.3. The average Bonchev–Trinajstić information content (AvgIpc) is 3.59. The van der Waals surface area contributed by atoms with E-state index in [-0.39, 0.29) is 28.6 Å². The number of carbonyl (C=O) groups excluding carboxylic acids is 2. The van der Waals surface area contributed by atoms with Crippen LogP contribution in [0.2, 0.25) is 0 Å². The Balaban J connectivity index is 1.44. The van der Waals surface area contributed by atoms with E-state index in [4.69, 9.17) is 0 Å². The molecule has 0 unspecified atom stereocenters. The van der Waals surface area contributed by atoms with Gasteiger partial charge in [-0.25, -0.2) is 8.42 Å². The van der Waals surface area contributed by atoms with Gasteiger partial charge in [-0.05, 0) is 92.3 Å². The third-order valence-electron chi connectivity index (χ3n) is 7.77. The lowest BCUT2D eigenvalue weighted by Gasteiger charge is -2.32. The van der Waals surface area contributed by atoms with Crippen LogP contribution in [-0.4, -0.2) is 31.6 Å². The van der Waals surface area contributed by atoms with Crippen molar-refractivity contribution in [2.24, 2.45) is 5.41 Å². The Labute approximate surface area is 196 Å². The number of ketones is 1. The van der Waals surface area contributed by atoms with Gasteiger partial charge in [0.25, 0.3) is 0 Å². The number of nitrogens with zero attached hydrogens (tertiary/aromatic N) is 1. The molecule has 0 spiro atoms. The van der Waals surface area contributed by atoms with Crippen molar-refractivity contribution in [1.29, 1.82) is 0 Å². The quantitative estimate of drug-likeness (QED) is 0.561. The van der Waals surface area contributed by atoms with E-state index in [2.05, 4.69) is 12.1 Å². The third kappa shape index (κ3) is 4.03. The summed E-state index contributed by atoms with van der Waals surface area (Å²) in [6.07, 6.45) is 3.76. The molecule has 1 aliphatic carbocycles. The number of hydrogen-bond acceptors (Lipinski definition) is 4. The van der Waals surface area contributed by atoms with E-state index in [1.807, 2.05) is 51.1 Å². The van der Waals surface area contributed by atoms with Crippen molar-refractivity contribution >= 4 is 32.9 Å². The van der Waals surface area contributed by atoms with Crippen molar-refractivity contribution in [3.63, 3.8) is 0 Å². The summed E-state index contributed by atoms with van der Waals surface area (Å²) in [7, 11) is -2.98. The molecule has 0 aromatic heterocycles. The summed E-state index contributed by atoms with van der Waals surface area (Å²) in [5.41, 5.74) is 3.42. The van der Waals surface area contributed by atoms with Gasteiger partial charge in [0.1, 0.15) is 9.84 Å². The van der Waals surface area contributed by atoms with E-state index in [9.17, 15) is 18.0 Å². The number of amides is 1. The highest BCUT2D eigenvalue weighted by atomic mass is 32.2. The van der Waals surface area contributed by atoms with Gasteiger partial charge in [-0.1, -0.05) is 19.1 Å². The first-order valence-corrected chi connectivity index (χ1v) is 13.6. The van der Waals surface area contributed by atoms with Crippen LogP contribution in [-0.2, 0) is 20.0 Å². The molecular formula is C27H31NO4S. The van der Waals surface area contributed by atoms with Gasteiger partial charge >= 0.3 is 0 Å². The van der Waals surface area contributed by atoms with E-state index in [0.29, 0.717) is 30.7 Å². The molecule has 0 N–H and O–H groups in total. The molecule has 0 atom stereocenters. The van der Waals surface area contributed by atoms with Crippen LogP contribution in [0.5, 0.6) is 0 Å². The highest BCUT2D eigenvalue weighted by Gasteiger charge is 2.45. The van der Waals surface area contributed by atoms with Crippen LogP contribution in [0.4, 0.5) is 11.4 Å². The number of benzene rings is 2. The third-order valence-corrected chi connectivity index (χ3v) is 9.42. The predicted octanol–water partition coefficient (Wildman–Crippen LogP) is 5.31. The number of fused-ring (bicyclic) bond motifs is 1. The Bertz CT molecular complexity index is 1240. The topological polar surface area (TPSA) is 71.5 Å². The molecule has 1 saturated carbocycles. The molecular weight excluding hydrogens is 434 g/mol. The van der Waals surface area contributed by atoms with Crippen LogP contribution in [0.25, 0.3) is 0 Å². The Morgan fingerprint density at radius 1 is 1.03 bits per heavy atom. The summed E-state index contributed by atoms with van der Waals surface area (Å²) in [5.74, 6) is 0.928. The van der Waals surface area contributed by atoms with E-state index in [1.54, 1.807) is 4.90 Å². The van der Waals surface area contributed by atoms with Gasteiger partial charge in [0, 0.05) is 17.7 Å². The van der Waals surface area contributed by atoms with Gasteiger partial charge in [0.2, 0.25) is 5.91 Å². The van der Waals surface area contributed by atoms with Gasteiger partial charge in [0.05, 0.1) is 22.6 Å². The highest BCUT2D eigenvalue weighted by Crippen LogP contribution is 2.48. The van der Waals surface area contributed by atoms with Crippen LogP contribution in [0, 0.1) is 5.41 Å². The molecule has 2 aromatic carbocycles. The smallest absolute Gasteiger partial charge is 0.241 e. The lowest BCUT2D eigenvalue weighted by Crippen LogP contribution is -2.33. The zero-order valence-corrected chi connectivity index (χ0v) is 20.4. The molecule has 33 heavy (non-hydrogen) atoms. The summed E-state index contributed by atoms with van der Waals surface area (Å²) in [6, 6.07) is 13.8. The number of anilines is 2. The second kappa shape index (κ2) is 7.52. The van der Waals surface area contributed by atoms with Crippen molar-refractivity contribution in [3.8, 4) is 0 Å². The highest BCUT2D eigenvalue weighted by molar-refractivity contribution is 7.91. The van der Waals surface area contributed by atoms with Crippen molar-refractivity contribution in [3.05, 3.63) is 59.2 Å². The summed E-state index contributed by atoms with van der Waals surface area (Å²) in [6.45, 7) is 5.84. The van der Waals surface area contributed by atoms with Crippen LogP contribution in [0.1, 0.15) is 80.3 Å². The average molecular weight is 466 g/mol. The molecule has 6 heteroatoms. The summed E-state index contributed by atoms with van der Waals surface area (Å²) >= 11 is 0. The van der Waals surface area contributed by atoms with Crippen LogP contribution < -0.4 is 4.90 Å². The molecule has 1 saturated heterocycles. The summed E-state index contributed by atoms with van der Waals surface area (Å²) < 4.78 is 23.6. The second-order valence-electron chi connectivity index (χ2n) is 10.9. The molecule has 1 amide bonds. The number of rotatable bonds is 5. The minimum atomic E-state index is -2.98. The molecule has 174 valence electrons. The van der Waals surface area contributed by atoms with E-state index < -0.39 is 15.3 Å². The second-order valence-corrected chi connectivity index (χ2v) is 13.2. The molecule has 2 aromatic rings. The normalized spacial score (nSPS) is 22.8. The summed E-state index contributed by atoms with van der Waals surface area (Å²) in [5, 5.41) is 0. The van der Waals surface area contributed by atoms with Crippen molar-refractivity contribution in [2.75, 3.05) is 16.4 Å². The molecule has 5 rings (SSSR count). The van der Waals surface area contributed by atoms with E-state index in [0.717, 1.165) is 16.9 Å². The number of carbonyl (C=O) groups is 2. The molecule has 5 nitrogen and oxygen atoms in total. The molecule has 2 aliphatic heterocycles. The van der Waals surface area contributed by atoms with Crippen LogP contribution in [0.15, 0.2) is 42.5 Å². The van der Waals surface area contributed by atoms with Gasteiger partial charge in [-0.3, -0.25) is 14.5 Å². The predicted molar refractivity (Wildman–Crippen MR) is 130 cm³/mol. The minimum Gasteiger partial charge on any atom is -0.294 e. The molecule has 0 bridgehead atoms. The van der Waals surface area contributed by atoms with Crippen molar-refractivity contribution in [2.45, 2.75) is 64.2 Å². The Morgan fingerprint density at radius 2 is 1.73 bits per heavy atom. The van der Waals surface area contributed by atoms with Crippen molar-refractivity contribution < 1.29 is 18.0 Å². The fraction of sp³-hybridized carbons (Fsp3) is 0.481. The largest absolute Gasteiger partial charge is 0.294 e. The summed E-state index contributed by atoms with van der Waals surface area (Å²) in [4.78, 5) is 28.5. The van der Waals surface area contributed by atoms with E-state index >= 15 is 0 Å². The Hall–Kier alpha value is -2.47. The zero-order valence-electron chi connectivity index (χ0n) is 19.6. The molecule has 0 radical (unpaired) electrons. The van der Waals surface area contributed by atoms with Gasteiger partial charge in [-0.2, -0.15) is 0 Å². The van der Waals surface area contributed by atoms with Gasteiger partial charge in [0.15, 0.2) is 5.78 Å². The number of hydrogen-bond donors (Lipinski definition) is 0. The molecule has 2 fully saturated rings. The number of sulfone groups is 1. The van der Waals surface area contributed by atoms with Crippen molar-refractivity contribution in [1.82, 2.24) is 0 Å². The number of Topliss-reactive ketones (excluding diaryl/α,β-unsaturated/α-hetero) is 1. The van der Waals surface area contributed by atoms with Crippen LogP contribution in [0.3, 0.4) is 0 Å². The lowest BCUT2D eigenvalue weighted by atomic mass is 9.78. The monoisotopic (exact) mass is 465 g/mol. The fourth-order valence-corrected chi connectivity index (χ4v) is 7.01. The lowest BCUT2D eigenvalue weighted by molar-refractivity contribution is -0.121. The maximum Gasteiger partial charge on any atom is 0.241 e. The maximum atomic E-state index is 13.5. The van der Waals surface area contributed by atoms with E-state index in [1.165, 1.54) is 18.4 Å². The first-order valence-electron chi connectivity index (χ1n) is 11.8. The zero-order chi connectivity index (χ0) is 23.6. The molecule has 2 heterocycles. The van der Waals surface area contributed by atoms with Gasteiger partial charge in [-0.15, -0.1) is 0 Å². The maximum absolute atomic E-state index is 13.5. The Morgan fingerprint density at radius 3 is 2.39 bits per heavy atom. The Kier molecular flexibility index (Phi) is 5.09. The first-order chi connectivity index (χ1) is 15.5. The van der Waals surface area contributed by atoms with Gasteiger partial charge < -0.3 is 0 Å². The fourth-order valence-electron chi connectivity index (χ4n) is 5.20. The SMILES string of the molecule is CC1(CC(=O)c2ccc3c(c2)C(C)(C)C(=O)N3c2cccc(C3CC3)c2)CCS(=O)(=O)CC1. The standard InChI is InChI=1S/C27H31NO4S/c1-26(2)22-16-20(24(29)17-27(3)11-13-33(31,32)14-12-27)9-10-23(22)28(25(26)30)21-6-4-5-19(15-21)18-7-8-18/h4-6,9-10,15-16,18H,7-8,11-14,17H2,1-3H3. The minimum absolute atomic E-state index is 0.0111. The van der Waals surface area contributed by atoms with Crippen LogP contribution >= 0.6 is 0 Å².